The number of aryl methyl sites for hydroxylation is 1. The first kappa shape index (κ1) is 9.39. The van der Waals surface area contributed by atoms with Gasteiger partial charge in [0.1, 0.15) is 6.04 Å². The maximum atomic E-state index is 11.8. The van der Waals surface area contributed by atoms with Crippen molar-refractivity contribution in [1.29, 1.82) is 0 Å². The lowest BCUT2D eigenvalue weighted by Gasteiger charge is -2.19. The minimum atomic E-state index is -0.411. The summed E-state index contributed by atoms with van der Waals surface area (Å²) in [6, 6.07) is 7.20. The fourth-order valence-corrected chi connectivity index (χ4v) is 2.51. The van der Waals surface area contributed by atoms with Crippen molar-refractivity contribution < 1.29 is 9.59 Å². The summed E-state index contributed by atoms with van der Waals surface area (Å²) in [5.41, 5.74) is 2.16. The number of nitrogens with one attached hydrogen (secondary N) is 1. The van der Waals surface area contributed by atoms with E-state index in [2.05, 4.69) is 5.32 Å². The Balaban J connectivity index is 2.13. The van der Waals surface area contributed by atoms with Gasteiger partial charge in [0, 0.05) is 6.54 Å². The molecule has 0 aliphatic carbocycles. The molecule has 16 heavy (non-hydrogen) atoms. The van der Waals surface area contributed by atoms with Crippen molar-refractivity contribution in [1.82, 2.24) is 10.2 Å². The number of benzene rings is 1. The van der Waals surface area contributed by atoms with Crippen molar-refractivity contribution in [2.24, 2.45) is 0 Å². The maximum Gasteiger partial charge on any atom is 0.325 e. The molecule has 0 spiro atoms. The van der Waals surface area contributed by atoms with Gasteiger partial charge in [-0.15, -0.1) is 0 Å². The summed E-state index contributed by atoms with van der Waals surface area (Å²) >= 11 is 0. The van der Waals surface area contributed by atoms with Gasteiger partial charge in [0.05, 0.1) is 0 Å². The molecule has 0 saturated carbocycles. The van der Waals surface area contributed by atoms with Gasteiger partial charge in [-0.1, -0.05) is 24.3 Å². The number of hydrogen-bond acceptors (Lipinski definition) is 2. The van der Waals surface area contributed by atoms with E-state index in [0.29, 0.717) is 6.54 Å². The lowest BCUT2D eigenvalue weighted by Crippen LogP contribution is -2.29. The van der Waals surface area contributed by atoms with E-state index in [9.17, 15) is 9.59 Å². The van der Waals surface area contributed by atoms with Gasteiger partial charge in [0.15, 0.2) is 0 Å². The van der Waals surface area contributed by atoms with Crippen molar-refractivity contribution >= 4 is 11.9 Å². The summed E-state index contributed by atoms with van der Waals surface area (Å²) < 4.78 is 0. The van der Waals surface area contributed by atoms with Gasteiger partial charge >= 0.3 is 6.03 Å². The Morgan fingerprint density at radius 2 is 2.06 bits per heavy atom. The predicted octanol–water partition coefficient (Wildman–Crippen LogP) is 1.23. The molecule has 1 unspecified atom stereocenters. The molecule has 0 bridgehead atoms. The highest BCUT2D eigenvalue weighted by atomic mass is 16.2. The highest BCUT2D eigenvalue weighted by Gasteiger charge is 2.40. The smallest absolute Gasteiger partial charge is 0.308 e. The number of rotatable bonds is 0. The van der Waals surface area contributed by atoms with Gasteiger partial charge in [0.2, 0.25) is 0 Å². The monoisotopic (exact) mass is 216 g/mol. The number of amides is 3. The molecule has 4 nitrogen and oxygen atoms in total. The van der Waals surface area contributed by atoms with E-state index in [1.807, 2.05) is 24.3 Å². The molecule has 2 heterocycles. The average molecular weight is 216 g/mol. The second-order valence-electron chi connectivity index (χ2n) is 4.19. The van der Waals surface area contributed by atoms with Crippen molar-refractivity contribution in [3.63, 3.8) is 0 Å². The third-order valence-electron chi connectivity index (χ3n) is 3.25. The number of nitrogens with zero attached hydrogens (tertiary/aromatic N) is 1. The maximum absolute atomic E-state index is 11.8. The van der Waals surface area contributed by atoms with Gasteiger partial charge in [-0.3, -0.25) is 10.1 Å². The first-order valence-electron chi connectivity index (χ1n) is 5.46. The first-order valence-corrected chi connectivity index (χ1v) is 5.46. The fourth-order valence-electron chi connectivity index (χ4n) is 2.51. The Labute approximate surface area is 93.2 Å². The summed E-state index contributed by atoms with van der Waals surface area (Å²) in [6.45, 7) is 0.650. The van der Waals surface area contributed by atoms with Crippen molar-refractivity contribution in [2.45, 2.75) is 18.9 Å². The van der Waals surface area contributed by atoms with Crippen LogP contribution in [-0.4, -0.2) is 23.4 Å². The van der Waals surface area contributed by atoms with Crippen LogP contribution in [0.3, 0.4) is 0 Å². The fraction of sp³-hybridized carbons (Fsp3) is 0.333. The minimum Gasteiger partial charge on any atom is -0.308 e. The van der Waals surface area contributed by atoms with Crippen molar-refractivity contribution in [2.75, 3.05) is 6.54 Å². The molecule has 0 aromatic heterocycles. The zero-order valence-electron chi connectivity index (χ0n) is 8.77. The Kier molecular flexibility index (Phi) is 1.96. The van der Waals surface area contributed by atoms with Gasteiger partial charge in [-0.2, -0.15) is 0 Å². The molecule has 1 saturated heterocycles. The van der Waals surface area contributed by atoms with Gasteiger partial charge in [0.25, 0.3) is 5.91 Å². The number of imide groups is 1. The van der Waals surface area contributed by atoms with E-state index in [1.54, 1.807) is 4.90 Å². The molecule has 3 amide bonds. The molecule has 0 radical (unpaired) electrons. The summed E-state index contributed by atoms with van der Waals surface area (Å²) in [6.07, 6.45) is 1.85. The van der Waals surface area contributed by atoms with Crippen LogP contribution in [0.5, 0.6) is 0 Å². The second-order valence-corrected chi connectivity index (χ2v) is 4.19. The largest absolute Gasteiger partial charge is 0.325 e. The van der Waals surface area contributed by atoms with E-state index in [4.69, 9.17) is 0 Å². The number of carbonyl (C=O) groups excluding carboxylic acids is 2. The van der Waals surface area contributed by atoms with Crippen LogP contribution in [-0.2, 0) is 11.2 Å². The van der Waals surface area contributed by atoms with Crippen LogP contribution >= 0.6 is 0 Å². The molecule has 1 aromatic carbocycles. The molecule has 1 N–H and O–H groups in total. The quantitative estimate of drug-likeness (QED) is 0.663. The van der Waals surface area contributed by atoms with Crippen LogP contribution < -0.4 is 5.32 Å². The Hall–Kier alpha value is -1.84. The molecular weight excluding hydrogens is 204 g/mol. The molecule has 2 aliphatic rings. The van der Waals surface area contributed by atoms with Crippen LogP contribution in [0.1, 0.15) is 23.6 Å². The third kappa shape index (κ3) is 1.23. The Morgan fingerprint density at radius 1 is 1.25 bits per heavy atom. The minimum absolute atomic E-state index is 0.195. The Morgan fingerprint density at radius 3 is 2.94 bits per heavy atom. The molecule has 3 rings (SSSR count). The van der Waals surface area contributed by atoms with Crippen LogP contribution in [0.4, 0.5) is 4.79 Å². The molecule has 2 aliphatic heterocycles. The van der Waals surface area contributed by atoms with E-state index in [-0.39, 0.29) is 11.9 Å². The number of hydrogen-bond donors (Lipinski definition) is 1. The first-order chi connectivity index (χ1) is 7.77. The molecule has 1 atom stereocenters. The molecular formula is C12H12N2O2. The third-order valence-corrected chi connectivity index (χ3v) is 3.25. The number of fused-ring (bicyclic) bond motifs is 3. The summed E-state index contributed by atoms with van der Waals surface area (Å²) in [5.74, 6) is -0.195. The SMILES string of the molecule is O=C1NC(=O)N2CCCc3ccccc3C12. The molecule has 4 heteroatoms. The molecule has 82 valence electrons. The topological polar surface area (TPSA) is 49.4 Å². The van der Waals surface area contributed by atoms with Crippen molar-refractivity contribution in [3.05, 3.63) is 35.4 Å². The number of urea groups is 1. The van der Waals surface area contributed by atoms with E-state index >= 15 is 0 Å². The zero-order valence-corrected chi connectivity index (χ0v) is 8.77. The highest BCUT2D eigenvalue weighted by Crippen LogP contribution is 2.31. The second kappa shape index (κ2) is 3.33. The predicted molar refractivity (Wildman–Crippen MR) is 57.7 cm³/mol. The van der Waals surface area contributed by atoms with Gasteiger partial charge < -0.3 is 4.90 Å². The van der Waals surface area contributed by atoms with Crippen molar-refractivity contribution in [3.8, 4) is 0 Å². The molecule has 1 aromatic rings. The van der Waals surface area contributed by atoms with Gasteiger partial charge in [-0.25, -0.2) is 4.79 Å². The van der Waals surface area contributed by atoms with Crippen LogP contribution in [0.25, 0.3) is 0 Å². The molecule has 1 fully saturated rings. The summed E-state index contributed by atoms with van der Waals surface area (Å²) in [7, 11) is 0. The van der Waals surface area contributed by atoms with Crippen LogP contribution in [0.15, 0.2) is 24.3 Å². The average Bonchev–Trinajstić information content (AvgIpc) is 2.49. The van der Waals surface area contributed by atoms with Crippen LogP contribution in [0, 0.1) is 0 Å². The van der Waals surface area contributed by atoms with E-state index in [0.717, 1.165) is 18.4 Å². The highest BCUT2D eigenvalue weighted by molar-refractivity contribution is 6.04. The summed E-state index contributed by atoms with van der Waals surface area (Å²) in [5, 5.41) is 2.38. The normalized spacial score (nSPS) is 23.5. The van der Waals surface area contributed by atoms with E-state index in [1.165, 1.54) is 5.56 Å². The standard InChI is InChI=1S/C12H12N2O2/c15-11-10-9-6-2-1-4-8(9)5-3-7-14(10)12(16)13-11/h1-2,4,6,10H,3,5,7H2,(H,13,15,16). The Bertz CT molecular complexity index is 470. The van der Waals surface area contributed by atoms with E-state index < -0.39 is 6.04 Å². The lowest BCUT2D eigenvalue weighted by atomic mass is 9.99. The zero-order chi connectivity index (χ0) is 11.1. The van der Waals surface area contributed by atoms with Gasteiger partial charge in [-0.05, 0) is 24.0 Å². The summed E-state index contributed by atoms with van der Waals surface area (Å²) in [4.78, 5) is 25.0. The lowest BCUT2D eigenvalue weighted by molar-refractivity contribution is -0.121. The number of carbonyl (C=O) groups is 2. The van der Waals surface area contributed by atoms with Crippen LogP contribution in [0.2, 0.25) is 0 Å².